The molecule has 0 atom stereocenters. The average molecular weight is 271 g/mol. The SMILES string of the molecule is CNc1cc(Oc2cccc(C)c2)nc(C(C)(C)C)n1. The second-order valence-electron chi connectivity index (χ2n) is 5.83. The number of nitrogens with one attached hydrogen (secondary N) is 1. The molecule has 4 heteroatoms. The van der Waals surface area contributed by atoms with Crippen molar-refractivity contribution in [3.8, 4) is 11.6 Å². The molecule has 0 aliphatic heterocycles. The quantitative estimate of drug-likeness (QED) is 0.919. The van der Waals surface area contributed by atoms with Gasteiger partial charge < -0.3 is 10.1 Å². The van der Waals surface area contributed by atoms with Crippen LogP contribution in [0, 0.1) is 6.92 Å². The van der Waals surface area contributed by atoms with Gasteiger partial charge in [-0.05, 0) is 24.6 Å². The molecule has 0 spiro atoms. The van der Waals surface area contributed by atoms with E-state index in [1.807, 2.05) is 38.2 Å². The first-order chi connectivity index (χ1) is 9.38. The Morgan fingerprint density at radius 2 is 1.85 bits per heavy atom. The first-order valence-corrected chi connectivity index (χ1v) is 6.70. The van der Waals surface area contributed by atoms with Crippen LogP contribution in [0.3, 0.4) is 0 Å². The van der Waals surface area contributed by atoms with E-state index < -0.39 is 0 Å². The van der Waals surface area contributed by atoms with E-state index in [-0.39, 0.29) is 5.41 Å². The average Bonchev–Trinajstić information content (AvgIpc) is 2.37. The third kappa shape index (κ3) is 3.47. The van der Waals surface area contributed by atoms with Gasteiger partial charge >= 0.3 is 0 Å². The van der Waals surface area contributed by atoms with Crippen LogP contribution in [0.4, 0.5) is 5.82 Å². The molecule has 4 nitrogen and oxygen atoms in total. The van der Waals surface area contributed by atoms with Gasteiger partial charge in [-0.15, -0.1) is 0 Å². The lowest BCUT2D eigenvalue weighted by atomic mass is 9.96. The smallest absolute Gasteiger partial charge is 0.224 e. The Hall–Kier alpha value is -2.10. The van der Waals surface area contributed by atoms with Gasteiger partial charge in [-0.3, -0.25) is 0 Å². The van der Waals surface area contributed by atoms with Crippen molar-refractivity contribution in [3.63, 3.8) is 0 Å². The summed E-state index contributed by atoms with van der Waals surface area (Å²) in [5, 5.41) is 3.05. The number of hydrogen-bond donors (Lipinski definition) is 1. The third-order valence-corrected chi connectivity index (χ3v) is 2.84. The predicted molar refractivity (Wildman–Crippen MR) is 81.5 cm³/mol. The fourth-order valence-electron chi connectivity index (χ4n) is 1.74. The molecular formula is C16H21N3O. The number of aromatic nitrogens is 2. The Bertz CT molecular complexity index is 603. The molecule has 0 saturated heterocycles. The third-order valence-electron chi connectivity index (χ3n) is 2.84. The highest BCUT2D eigenvalue weighted by Crippen LogP contribution is 2.26. The van der Waals surface area contributed by atoms with Crippen molar-refractivity contribution in [2.24, 2.45) is 0 Å². The predicted octanol–water partition coefficient (Wildman–Crippen LogP) is 3.92. The summed E-state index contributed by atoms with van der Waals surface area (Å²) in [6.07, 6.45) is 0. The van der Waals surface area contributed by atoms with Gasteiger partial charge in [-0.1, -0.05) is 32.9 Å². The summed E-state index contributed by atoms with van der Waals surface area (Å²) in [5.41, 5.74) is 1.03. The molecule has 1 N–H and O–H groups in total. The molecule has 1 aromatic heterocycles. The minimum Gasteiger partial charge on any atom is -0.439 e. The zero-order valence-electron chi connectivity index (χ0n) is 12.7. The van der Waals surface area contributed by atoms with Crippen LogP contribution >= 0.6 is 0 Å². The fraction of sp³-hybridized carbons (Fsp3) is 0.375. The molecule has 0 fully saturated rings. The lowest BCUT2D eigenvalue weighted by Gasteiger charge is -2.18. The lowest BCUT2D eigenvalue weighted by molar-refractivity contribution is 0.446. The highest BCUT2D eigenvalue weighted by molar-refractivity contribution is 5.40. The van der Waals surface area contributed by atoms with Crippen LogP contribution in [0.15, 0.2) is 30.3 Å². The minimum absolute atomic E-state index is 0.127. The van der Waals surface area contributed by atoms with Gasteiger partial charge in [0.15, 0.2) is 0 Å². The molecular weight excluding hydrogens is 250 g/mol. The summed E-state index contributed by atoms with van der Waals surface area (Å²) in [6.45, 7) is 8.28. The summed E-state index contributed by atoms with van der Waals surface area (Å²) in [6, 6.07) is 9.71. The van der Waals surface area contributed by atoms with Crippen molar-refractivity contribution in [2.45, 2.75) is 33.1 Å². The Balaban J connectivity index is 2.36. The van der Waals surface area contributed by atoms with Crippen molar-refractivity contribution in [1.82, 2.24) is 9.97 Å². The topological polar surface area (TPSA) is 47.0 Å². The van der Waals surface area contributed by atoms with Crippen molar-refractivity contribution in [2.75, 3.05) is 12.4 Å². The van der Waals surface area contributed by atoms with Crippen LogP contribution < -0.4 is 10.1 Å². The van der Waals surface area contributed by atoms with Crippen molar-refractivity contribution in [3.05, 3.63) is 41.7 Å². The molecule has 0 bridgehead atoms. The molecule has 1 aromatic carbocycles. The first-order valence-electron chi connectivity index (χ1n) is 6.70. The number of ether oxygens (including phenoxy) is 1. The number of hydrogen-bond acceptors (Lipinski definition) is 4. The Kier molecular flexibility index (Phi) is 3.93. The summed E-state index contributed by atoms with van der Waals surface area (Å²) in [5.74, 6) is 2.85. The summed E-state index contributed by atoms with van der Waals surface area (Å²) < 4.78 is 5.85. The van der Waals surface area contributed by atoms with E-state index >= 15 is 0 Å². The zero-order valence-corrected chi connectivity index (χ0v) is 12.7. The van der Waals surface area contributed by atoms with Gasteiger partial charge in [0, 0.05) is 18.5 Å². The number of nitrogens with zero attached hydrogens (tertiary/aromatic N) is 2. The van der Waals surface area contributed by atoms with E-state index in [2.05, 4.69) is 36.1 Å². The van der Waals surface area contributed by atoms with E-state index in [9.17, 15) is 0 Å². The number of anilines is 1. The molecule has 0 aliphatic rings. The number of benzene rings is 1. The second-order valence-corrected chi connectivity index (χ2v) is 5.83. The van der Waals surface area contributed by atoms with Crippen LogP contribution in [-0.2, 0) is 5.41 Å². The Morgan fingerprint density at radius 3 is 2.45 bits per heavy atom. The first kappa shape index (κ1) is 14.3. The van der Waals surface area contributed by atoms with Gasteiger partial charge in [0.05, 0.1) is 0 Å². The van der Waals surface area contributed by atoms with Gasteiger partial charge in [0.25, 0.3) is 0 Å². The van der Waals surface area contributed by atoms with E-state index in [0.717, 1.165) is 23.0 Å². The van der Waals surface area contributed by atoms with Gasteiger partial charge in [-0.2, -0.15) is 4.98 Å². The van der Waals surface area contributed by atoms with Crippen LogP contribution in [0.1, 0.15) is 32.2 Å². The maximum absolute atomic E-state index is 5.85. The fourth-order valence-corrected chi connectivity index (χ4v) is 1.74. The van der Waals surface area contributed by atoms with Gasteiger partial charge in [-0.25, -0.2) is 4.98 Å². The van der Waals surface area contributed by atoms with E-state index in [1.54, 1.807) is 6.07 Å². The molecule has 0 amide bonds. The lowest BCUT2D eigenvalue weighted by Crippen LogP contribution is -2.17. The number of rotatable bonds is 3. The molecule has 1 heterocycles. The highest BCUT2D eigenvalue weighted by atomic mass is 16.5. The van der Waals surface area contributed by atoms with Crippen LogP contribution in [-0.4, -0.2) is 17.0 Å². The van der Waals surface area contributed by atoms with Crippen LogP contribution in [0.25, 0.3) is 0 Å². The molecule has 2 rings (SSSR count). The minimum atomic E-state index is -0.127. The Labute approximate surface area is 120 Å². The van der Waals surface area contributed by atoms with Crippen LogP contribution in [0.5, 0.6) is 11.6 Å². The normalized spacial score (nSPS) is 11.2. The maximum atomic E-state index is 5.85. The molecule has 2 aromatic rings. The van der Waals surface area contributed by atoms with E-state index in [4.69, 9.17) is 4.74 Å². The maximum Gasteiger partial charge on any atom is 0.224 e. The molecule has 0 unspecified atom stereocenters. The highest BCUT2D eigenvalue weighted by Gasteiger charge is 2.19. The molecule has 20 heavy (non-hydrogen) atoms. The largest absolute Gasteiger partial charge is 0.439 e. The molecule has 0 radical (unpaired) electrons. The van der Waals surface area contributed by atoms with Crippen molar-refractivity contribution in [1.29, 1.82) is 0 Å². The second kappa shape index (κ2) is 5.49. The van der Waals surface area contributed by atoms with Gasteiger partial charge in [0.2, 0.25) is 5.88 Å². The summed E-state index contributed by atoms with van der Waals surface area (Å²) in [4.78, 5) is 8.98. The monoisotopic (exact) mass is 271 g/mol. The summed E-state index contributed by atoms with van der Waals surface area (Å²) in [7, 11) is 1.84. The van der Waals surface area contributed by atoms with Gasteiger partial charge in [0.1, 0.15) is 17.4 Å². The summed E-state index contributed by atoms with van der Waals surface area (Å²) >= 11 is 0. The van der Waals surface area contributed by atoms with E-state index in [0.29, 0.717) is 5.88 Å². The number of aryl methyl sites for hydroxylation is 1. The molecule has 0 aliphatic carbocycles. The van der Waals surface area contributed by atoms with Crippen LogP contribution in [0.2, 0.25) is 0 Å². The van der Waals surface area contributed by atoms with Crippen molar-refractivity contribution < 1.29 is 4.74 Å². The molecule has 0 saturated carbocycles. The zero-order chi connectivity index (χ0) is 14.8. The van der Waals surface area contributed by atoms with E-state index in [1.165, 1.54) is 0 Å². The van der Waals surface area contributed by atoms with Crippen molar-refractivity contribution >= 4 is 5.82 Å². The standard InChI is InChI=1S/C16H21N3O/c1-11-7-6-8-12(9-11)20-14-10-13(17-5)18-15(19-14)16(2,3)4/h6-10H,1-5H3,(H,17,18,19). The molecule has 106 valence electrons. The Morgan fingerprint density at radius 1 is 1.10 bits per heavy atom.